The fraction of sp³-hybridized carbons (Fsp3) is 0.667. The minimum atomic E-state index is -0.395. The normalized spacial score (nSPS) is 21.5. The lowest BCUT2D eigenvalue weighted by Gasteiger charge is -2.36. The molecule has 36 heavy (non-hydrogen) atoms. The molecule has 1 aromatic carbocycles. The molecule has 0 radical (unpaired) electrons. The van der Waals surface area contributed by atoms with Crippen molar-refractivity contribution >= 4 is 17.4 Å². The molecule has 1 heterocycles. The van der Waals surface area contributed by atoms with Gasteiger partial charge in [0.2, 0.25) is 5.91 Å². The van der Waals surface area contributed by atoms with Crippen LogP contribution in [-0.4, -0.2) is 54.0 Å². The Morgan fingerprint density at radius 2 is 1.83 bits per heavy atom. The first-order chi connectivity index (χ1) is 17.5. The summed E-state index contributed by atoms with van der Waals surface area (Å²) in [7, 11) is 0. The molecule has 1 N–H and O–H groups in total. The highest BCUT2D eigenvalue weighted by Gasteiger charge is 2.32. The molecule has 1 aliphatic heterocycles. The predicted molar refractivity (Wildman–Crippen MR) is 143 cm³/mol. The number of hydrogen-bond donors (Lipinski definition) is 1. The van der Waals surface area contributed by atoms with Gasteiger partial charge in [0.1, 0.15) is 11.6 Å². The number of anilines is 1. The molecule has 6 heteroatoms. The average Bonchev–Trinajstić information content (AvgIpc) is 3.24. The van der Waals surface area contributed by atoms with Gasteiger partial charge < -0.3 is 14.9 Å². The van der Waals surface area contributed by atoms with Crippen molar-refractivity contribution in [1.82, 2.24) is 4.90 Å². The van der Waals surface area contributed by atoms with Crippen LogP contribution in [0.25, 0.3) is 0 Å². The number of nitrogens with zero attached hydrogens (tertiary/aromatic N) is 2. The minimum absolute atomic E-state index is 0.0940. The van der Waals surface area contributed by atoms with Gasteiger partial charge in [-0.2, -0.15) is 0 Å². The van der Waals surface area contributed by atoms with E-state index >= 15 is 0 Å². The number of carbonyl (C=O) groups is 2. The SMILES string of the molecule is CCCCC[C@@H](O)C=C[C@@H]1CCC(=O)[C@@H]1CCCCCCC(=O)N1CCN(c2ccccc2F)CC1. The van der Waals surface area contributed by atoms with E-state index in [2.05, 4.69) is 13.0 Å². The summed E-state index contributed by atoms with van der Waals surface area (Å²) >= 11 is 0. The third-order valence-corrected chi connectivity index (χ3v) is 7.82. The summed E-state index contributed by atoms with van der Waals surface area (Å²) in [5.74, 6) is 0.713. The lowest BCUT2D eigenvalue weighted by molar-refractivity contribution is -0.131. The molecular formula is C30H45FN2O3. The van der Waals surface area contributed by atoms with Crippen LogP contribution >= 0.6 is 0 Å². The molecule has 1 saturated heterocycles. The van der Waals surface area contributed by atoms with E-state index in [1.54, 1.807) is 12.1 Å². The van der Waals surface area contributed by atoms with Gasteiger partial charge >= 0.3 is 0 Å². The molecule has 1 saturated carbocycles. The van der Waals surface area contributed by atoms with Crippen molar-refractivity contribution in [3.8, 4) is 0 Å². The molecule has 0 unspecified atom stereocenters. The van der Waals surface area contributed by atoms with Crippen LogP contribution in [0.15, 0.2) is 36.4 Å². The van der Waals surface area contributed by atoms with Crippen LogP contribution in [0.1, 0.15) is 84.0 Å². The van der Waals surface area contributed by atoms with Gasteiger partial charge in [-0.25, -0.2) is 4.39 Å². The number of halogens is 1. The number of ketones is 1. The molecular weight excluding hydrogens is 455 g/mol. The highest BCUT2D eigenvalue weighted by Crippen LogP contribution is 2.34. The van der Waals surface area contributed by atoms with E-state index in [0.717, 1.165) is 64.2 Å². The molecule has 1 amide bonds. The summed E-state index contributed by atoms with van der Waals surface area (Å²) < 4.78 is 14.0. The summed E-state index contributed by atoms with van der Waals surface area (Å²) in [5, 5.41) is 10.2. The standard InChI is InChI=1S/C30H45FN2O3/c1-2-3-6-11-25(34)18-16-24-17-19-29(35)26(24)12-7-4-5-8-15-30(36)33-22-20-32(21-23-33)28-14-10-9-13-27(28)31/h9-10,13-14,16,18,24-26,34H,2-8,11-12,15,17,19-23H2,1H3/t24-,25-,26-/m1/s1. The molecule has 200 valence electrons. The van der Waals surface area contributed by atoms with Gasteiger partial charge in [0.25, 0.3) is 0 Å². The van der Waals surface area contributed by atoms with Gasteiger partial charge in [-0.1, -0.05) is 69.7 Å². The monoisotopic (exact) mass is 500 g/mol. The number of carbonyl (C=O) groups excluding carboxylic acids is 2. The first-order valence-electron chi connectivity index (χ1n) is 14.2. The van der Waals surface area contributed by atoms with E-state index in [4.69, 9.17) is 0 Å². The zero-order valence-corrected chi connectivity index (χ0v) is 22.0. The summed E-state index contributed by atoms with van der Waals surface area (Å²) in [6.45, 7) is 4.76. The highest BCUT2D eigenvalue weighted by atomic mass is 19.1. The van der Waals surface area contributed by atoms with Gasteiger partial charge in [-0.15, -0.1) is 0 Å². The Labute approximate surface area is 216 Å². The van der Waals surface area contributed by atoms with Crippen LogP contribution in [0.5, 0.6) is 0 Å². The number of aliphatic hydroxyl groups excluding tert-OH is 1. The number of rotatable bonds is 14. The molecule has 0 bridgehead atoms. The maximum absolute atomic E-state index is 14.0. The fourth-order valence-electron chi connectivity index (χ4n) is 5.57. The number of Topliss-reactive ketones (excluding diaryl/α,β-unsaturated/α-hetero) is 1. The summed E-state index contributed by atoms with van der Waals surface area (Å²) in [5.41, 5.74) is 0.617. The van der Waals surface area contributed by atoms with Crippen molar-refractivity contribution in [3.05, 3.63) is 42.2 Å². The Bertz CT molecular complexity index is 850. The van der Waals surface area contributed by atoms with Crippen molar-refractivity contribution in [2.75, 3.05) is 31.1 Å². The molecule has 0 spiro atoms. The number of unbranched alkanes of at least 4 members (excludes halogenated alkanes) is 5. The molecule has 2 aliphatic rings. The lowest BCUT2D eigenvalue weighted by atomic mass is 9.89. The first-order valence-corrected chi connectivity index (χ1v) is 14.2. The van der Waals surface area contributed by atoms with Crippen molar-refractivity contribution in [3.63, 3.8) is 0 Å². The van der Waals surface area contributed by atoms with Crippen LogP contribution in [0.2, 0.25) is 0 Å². The maximum Gasteiger partial charge on any atom is 0.222 e. The predicted octanol–water partition coefficient (Wildman–Crippen LogP) is 5.91. The van der Waals surface area contributed by atoms with Gasteiger partial charge in [0, 0.05) is 44.9 Å². The van der Waals surface area contributed by atoms with Crippen LogP contribution in [0.3, 0.4) is 0 Å². The van der Waals surface area contributed by atoms with Crippen LogP contribution in [0.4, 0.5) is 10.1 Å². The van der Waals surface area contributed by atoms with E-state index in [9.17, 15) is 19.1 Å². The van der Waals surface area contributed by atoms with Crippen molar-refractivity contribution in [1.29, 1.82) is 0 Å². The largest absolute Gasteiger partial charge is 0.389 e. The summed E-state index contributed by atoms with van der Waals surface area (Å²) in [4.78, 5) is 28.9. The van der Waals surface area contributed by atoms with Gasteiger partial charge in [0.05, 0.1) is 11.8 Å². The van der Waals surface area contributed by atoms with E-state index < -0.39 is 6.10 Å². The van der Waals surface area contributed by atoms with Crippen molar-refractivity contribution in [2.24, 2.45) is 11.8 Å². The zero-order valence-electron chi connectivity index (χ0n) is 22.0. The number of allylic oxidation sites excluding steroid dienone is 1. The lowest BCUT2D eigenvalue weighted by Crippen LogP contribution is -2.49. The Hall–Kier alpha value is -2.21. The summed E-state index contributed by atoms with van der Waals surface area (Å²) in [6.07, 6.45) is 14.7. The maximum atomic E-state index is 14.0. The molecule has 2 fully saturated rings. The molecule has 3 atom stereocenters. The van der Waals surface area contributed by atoms with Crippen LogP contribution in [0, 0.1) is 17.7 Å². The second kappa shape index (κ2) is 15.1. The number of amides is 1. The third kappa shape index (κ3) is 8.72. The molecule has 5 nitrogen and oxygen atoms in total. The Kier molecular flexibility index (Phi) is 11.9. The number of benzene rings is 1. The quantitative estimate of drug-likeness (QED) is 0.255. The topological polar surface area (TPSA) is 60.9 Å². The molecule has 1 aliphatic carbocycles. The van der Waals surface area contributed by atoms with E-state index in [1.807, 2.05) is 21.9 Å². The molecule has 1 aromatic rings. The van der Waals surface area contributed by atoms with Gasteiger partial charge in [-0.05, 0) is 43.7 Å². The van der Waals surface area contributed by atoms with Crippen LogP contribution < -0.4 is 4.90 Å². The van der Waals surface area contributed by atoms with Crippen molar-refractivity contribution in [2.45, 2.75) is 90.1 Å². The van der Waals surface area contributed by atoms with Crippen molar-refractivity contribution < 1.29 is 19.1 Å². The van der Waals surface area contributed by atoms with E-state index in [0.29, 0.717) is 50.5 Å². The number of para-hydroxylation sites is 1. The average molecular weight is 501 g/mol. The third-order valence-electron chi connectivity index (χ3n) is 7.82. The number of aliphatic hydroxyl groups is 1. The summed E-state index contributed by atoms with van der Waals surface area (Å²) in [6, 6.07) is 6.81. The second-order valence-corrected chi connectivity index (χ2v) is 10.5. The van der Waals surface area contributed by atoms with Gasteiger partial charge in [0.15, 0.2) is 0 Å². The first kappa shape index (κ1) is 28.4. The Morgan fingerprint density at radius 1 is 1.08 bits per heavy atom. The second-order valence-electron chi connectivity index (χ2n) is 10.5. The molecule has 3 rings (SSSR count). The smallest absolute Gasteiger partial charge is 0.222 e. The van der Waals surface area contributed by atoms with Crippen LogP contribution in [-0.2, 0) is 9.59 Å². The zero-order chi connectivity index (χ0) is 25.8. The highest BCUT2D eigenvalue weighted by molar-refractivity contribution is 5.83. The number of hydrogen-bond acceptors (Lipinski definition) is 4. The minimum Gasteiger partial charge on any atom is -0.389 e. The molecule has 0 aromatic heterocycles. The Morgan fingerprint density at radius 3 is 2.58 bits per heavy atom. The van der Waals surface area contributed by atoms with Gasteiger partial charge in [-0.3, -0.25) is 9.59 Å². The van der Waals surface area contributed by atoms with E-state index in [-0.39, 0.29) is 23.6 Å². The van der Waals surface area contributed by atoms with E-state index in [1.165, 1.54) is 6.07 Å². The number of piperazine rings is 1. The Balaban J connectivity index is 1.28. The fourth-order valence-corrected chi connectivity index (χ4v) is 5.57.